The average Bonchev–Trinajstić information content (AvgIpc) is 2.60. The summed E-state index contributed by atoms with van der Waals surface area (Å²) in [5.74, 6) is -1.10. The van der Waals surface area contributed by atoms with Gasteiger partial charge in [-0.25, -0.2) is 12.8 Å². The van der Waals surface area contributed by atoms with Crippen LogP contribution in [0.4, 0.5) is 10.1 Å². The van der Waals surface area contributed by atoms with Gasteiger partial charge in [-0.05, 0) is 17.7 Å². The highest BCUT2D eigenvalue weighted by Crippen LogP contribution is 2.42. The number of fused-ring (bicyclic) bond motifs is 1. The third-order valence-corrected chi connectivity index (χ3v) is 5.46. The van der Waals surface area contributed by atoms with Crippen molar-refractivity contribution < 1.29 is 17.6 Å². The number of hydrogen-bond acceptors (Lipinski definition) is 3. The first kappa shape index (κ1) is 15.0. The predicted molar refractivity (Wildman–Crippen MR) is 75.2 cm³/mol. The lowest BCUT2D eigenvalue weighted by Gasteiger charge is -2.19. The third-order valence-electron chi connectivity index (χ3n) is 3.72. The molecule has 0 aliphatic carbocycles. The molecule has 0 N–H and O–H groups in total. The maximum absolute atomic E-state index is 14.1. The number of anilines is 1. The van der Waals surface area contributed by atoms with Crippen molar-refractivity contribution in [2.75, 3.05) is 17.2 Å². The minimum absolute atomic E-state index is 0.174. The van der Waals surface area contributed by atoms with Crippen LogP contribution in [0.3, 0.4) is 0 Å². The van der Waals surface area contributed by atoms with Gasteiger partial charge >= 0.3 is 0 Å². The standard InChI is InChI=1S/C14H18FNO3S/c1-5-20(18,19)13-7-12-10(6-11(13)15)14(3,4)8-16(12)9(2)17/h6-7H,5,8H2,1-4H3. The van der Waals surface area contributed by atoms with Gasteiger partial charge in [0.15, 0.2) is 9.84 Å². The van der Waals surface area contributed by atoms with Crippen LogP contribution in [0.1, 0.15) is 33.3 Å². The van der Waals surface area contributed by atoms with Crippen molar-refractivity contribution in [2.45, 2.75) is 38.0 Å². The lowest BCUT2D eigenvalue weighted by Crippen LogP contribution is -2.32. The Hall–Kier alpha value is -1.43. The smallest absolute Gasteiger partial charge is 0.223 e. The lowest BCUT2D eigenvalue weighted by molar-refractivity contribution is -0.116. The molecule has 1 aliphatic heterocycles. The molecule has 6 heteroatoms. The molecule has 0 radical (unpaired) electrons. The fourth-order valence-electron chi connectivity index (χ4n) is 2.55. The van der Waals surface area contributed by atoms with Crippen molar-refractivity contribution in [1.29, 1.82) is 0 Å². The van der Waals surface area contributed by atoms with Gasteiger partial charge in [0.05, 0.1) is 5.75 Å². The number of carbonyl (C=O) groups excluding carboxylic acids is 1. The molecule has 0 atom stereocenters. The SMILES string of the molecule is CCS(=O)(=O)c1cc2c(cc1F)C(C)(C)CN2C(C)=O. The second-order valence-corrected chi connectivity index (χ2v) is 7.94. The summed E-state index contributed by atoms with van der Waals surface area (Å²) in [6.07, 6.45) is 0. The van der Waals surface area contributed by atoms with Crippen LogP contribution < -0.4 is 4.90 Å². The molecule has 0 spiro atoms. The van der Waals surface area contributed by atoms with Crippen molar-refractivity contribution in [1.82, 2.24) is 0 Å². The molecule has 2 rings (SSSR count). The first-order chi connectivity index (χ1) is 9.10. The Morgan fingerprint density at radius 3 is 2.50 bits per heavy atom. The normalized spacial score (nSPS) is 17.1. The number of amides is 1. The molecule has 1 aromatic rings. The molecule has 0 saturated heterocycles. The van der Waals surface area contributed by atoms with Gasteiger partial charge < -0.3 is 4.90 Å². The van der Waals surface area contributed by atoms with E-state index < -0.39 is 21.1 Å². The monoisotopic (exact) mass is 299 g/mol. The number of carbonyl (C=O) groups is 1. The second-order valence-electron chi connectivity index (χ2n) is 5.69. The minimum Gasteiger partial charge on any atom is -0.311 e. The molecule has 1 heterocycles. The zero-order chi connectivity index (χ0) is 15.3. The molecule has 0 unspecified atom stereocenters. The lowest BCUT2D eigenvalue weighted by atomic mass is 9.87. The van der Waals surface area contributed by atoms with E-state index in [-0.39, 0.29) is 16.6 Å². The molecule has 0 saturated carbocycles. The Kier molecular flexibility index (Phi) is 3.40. The number of sulfone groups is 1. The van der Waals surface area contributed by atoms with Crippen LogP contribution in [0.5, 0.6) is 0 Å². The highest BCUT2D eigenvalue weighted by Gasteiger charge is 2.38. The number of halogens is 1. The summed E-state index contributed by atoms with van der Waals surface area (Å²) in [5.41, 5.74) is 0.771. The van der Waals surface area contributed by atoms with E-state index in [1.807, 2.05) is 13.8 Å². The van der Waals surface area contributed by atoms with Gasteiger partial charge in [-0.15, -0.1) is 0 Å². The fourth-order valence-corrected chi connectivity index (χ4v) is 3.51. The van der Waals surface area contributed by atoms with Gasteiger partial charge in [0, 0.05) is 24.6 Å². The molecule has 0 bridgehead atoms. The summed E-state index contributed by atoms with van der Waals surface area (Å²) < 4.78 is 37.9. The van der Waals surface area contributed by atoms with Crippen LogP contribution in [0.15, 0.2) is 17.0 Å². The Labute approximate surface area is 118 Å². The maximum atomic E-state index is 14.1. The van der Waals surface area contributed by atoms with E-state index in [1.165, 1.54) is 30.9 Å². The predicted octanol–water partition coefficient (Wildman–Crippen LogP) is 2.26. The van der Waals surface area contributed by atoms with Gasteiger partial charge in [-0.3, -0.25) is 4.79 Å². The van der Waals surface area contributed by atoms with Crippen LogP contribution in [0, 0.1) is 5.82 Å². The van der Waals surface area contributed by atoms with E-state index in [0.717, 1.165) is 0 Å². The minimum atomic E-state index is -3.65. The van der Waals surface area contributed by atoms with E-state index in [4.69, 9.17) is 0 Å². The van der Waals surface area contributed by atoms with Crippen molar-refractivity contribution in [3.05, 3.63) is 23.5 Å². The van der Waals surface area contributed by atoms with Crippen LogP contribution >= 0.6 is 0 Å². The topological polar surface area (TPSA) is 54.5 Å². The first-order valence-electron chi connectivity index (χ1n) is 6.45. The molecule has 4 nitrogen and oxygen atoms in total. The van der Waals surface area contributed by atoms with E-state index >= 15 is 0 Å². The summed E-state index contributed by atoms with van der Waals surface area (Å²) in [6.45, 7) is 7.12. The van der Waals surface area contributed by atoms with Crippen molar-refractivity contribution in [3.63, 3.8) is 0 Å². The Balaban J connectivity index is 2.72. The quantitative estimate of drug-likeness (QED) is 0.841. The Morgan fingerprint density at radius 2 is 2.00 bits per heavy atom. The summed E-state index contributed by atoms with van der Waals surface area (Å²) in [6, 6.07) is 2.54. The van der Waals surface area contributed by atoms with Crippen LogP contribution in [0.25, 0.3) is 0 Å². The number of nitrogens with zero attached hydrogens (tertiary/aromatic N) is 1. The molecular formula is C14H18FNO3S. The van der Waals surface area contributed by atoms with E-state index in [1.54, 1.807) is 0 Å². The summed E-state index contributed by atoms with van der Waals surface area (Å²) in [7, 11) is -3.65. The van der Waals surface area contributed by atoms with Crippen molar-refractivity contribution >= 4 is 21.4 Å². The first-order valence-corrected chi connectivity index (χ1v) is 8.10. The van der Waals surface area contributed by atoms with Crippen molar-refractivity contribution in [3.8, 4) is 0 Å². The molecule has 0 aromatic heterocycles. The van der Waals surface area contributed by atoms with Gasteiger partial charge in [0.25, 0.3) is 0 Å². The number of hydrogen-bond donors (Lipinski definition) is 0. The molecule has 1 aromatic carbocycles. The zero-order valence-corrected chi connectivity index (χ0v) is 12.8. The number of benzene rings is 1. The van der Waals surface area contributed by atoms with Gasteiger partial charge in [-0.1, -0.05) is 20.8 Å². The van der Waals surface area contributed by atoms with E-state index in [9.17, 15) is 17.6 Å². The molecule has 1 aliphatic rings. The van der Waals surface area contributed by atoms with Crippen LogP contribution in [-0.4, -0.2) is 26.6 Å². The highest BCUT2D eigenvalue weighted by molar-refractivity contribution is 7.91. The fraction of sp³-hybridized carbons (Fsp3) is 0.500. The largest absolute Gasteiger partial charge is 0.311 e. The Morgan fingerprint density at radius 1 is 1.40 bits per heavy atom. The second kappa shape index (κ2) is 4.55. The molecule has 1 amide bonds. The zero-order valence-electron chi connectivity index (χ0n) is 12.0. The molecule has 110 valence electrons. The number of rotatable bonds is 2. The summed E-state index contributed by atoms with van der Waals surface area (Å²) in [4.78, 5) is 12.9. The summed E-state index contributed by atoms with van der Waals surface area (Å²) >= 11 is 0. The molecule has 20 heavy (non-hydrogen) atoms. The van der Waals surface area contributed by atoms with Crippen LogP contribution in [0.2, 0.25) is 0 Å². The van der Waals surface area contributed by atoms with Crippen LogP contribution in [-0.2, 0) is 20.0 Å². The van der Waals surface area contributed by atoms with Gasteiger partial charge in [-0.2, -0.15) is 0 Å². The van der Waals surface area contributed by atoms with Crippen molar-refractivity contribution in [2.24, 2.45) is 0 Å². The molecule has 0 fully saturated rings. The van der Waals surface area contributed by atoms with E-state index in [0.29, 0.717) is 17.8 Å². The van der Waals surface area contributed by atoms with Gasteiger partial charge in [0.1, 0.15) is 10.7 Å². The van der Waals surface area contributed by atoms with E-state index in [2.05, 4.69) is 0 Å². The summed E-state index contributed by atoms with van der Waals surface area (Å²) in [5, 5.41) is 0. The van der Waals surface area contributed by atoms with Gasteiger partial charge in [0.2, 0.25) is 5.91 Å². The third kappa shape index (κ3) is 2.22. The highest BCUT2D eigenvalue weighted by atomic mass is 32.2. The Bertz CT molecular complexity index is 680. The maximum Gasteiger partial charge on any atom is 0.223 e. The molecular weight excluding hydrogens is 281 g/mol. The average molecular weight is 299 g/mol.